The van der Waals surface area contributed by atoms with Gasteiger partial charge in [-0.25, -0.2) is 0 Å². The van der Waals surface area contributed by atoms with E-state index in [0.29, 0.717) is 194 Å². The molecular weight excluding hydrogens is 999 g/mol. The van der Waals surface area contributed by atoms with Crippen molar-refractivity contribution < 1.29 is 70.1 Å². The van der Waals surface area contributed by atoms with E-state index < -0.39 is 20.0 Å². The third kappa shape index (κ3) is 16.1. The highest BCUT2D eigenvalue weighted by Gasteiger charge is 2.35. The van der Waals surface area contributed by atoms with E-state index in [9.17, 15) is 42.8 Å². The molecule has 5 aromatic rings. The fraction of sp³-hybridized carbons (Fsp3) is 0.481. The summed E-state index contributed by atoms with van der Waals surface area (Å²) >= 11 is 0. The maximum absolute atomic E-state index is 14.1. The summed E-state index contributed by atoms with van der Waals surface area (Å²) in [5.41, 5.74) is 3.26. The number of non-ortho nitro benzene ring substituents is 1. The van der Waals surface area contributed by atoms with Gasteiger partial charge in [-0.05, 0) is 75.3 Å². The van der Waals surface area contributed by atoms with Gasteiger partial charge in [0.05, 0.1) is 122 Å². The van der Waals surface area contributed by atoms with Crippen LogP contribution in [0.3, 0.4) is 0 Å². The molecule has 1 aromatic heterocycles. The van der Waals surface area contributed by atoms with Gasteiger partial charge in [0, 0.05) is 67.1 Å². The lowest BCUT2D eigenvalue weighted by atomic mass is 9.85. The standard InChI is InChI=1S/C52H63N5O17S/c58-47(15-4-6-20-68-22-24-70-26-28-72-30-32-73-31-29-71-27-25-69-23-21-67-19-5-3-9-37-16-17-40(56(60)61)34-45(37)57(62)63)38-10-8-18-55(36-38)46-35-44(53-39-11-7-12-41(33-39)75(64,65)66)48-49-50(46)54-74-52(49)43-14-2-1-13-42(43)51(48)59/h1-2,7,11-14,16-17,33-35,38,53H,3-6,8-10,15,18-32,36H2,(H,64,65,66)/t38-/m0/s1. The monoisotopic (exact) mass is 1060 g/mol. The third-order valence-corrected chi connectivity index (χ3v) is 13.5. The topological polar surface area (TPSA) is 281 Å². The van der Waals surface area contributed by atoms with E-state index in [4.69, 9.17) is 37.7 Å². The van der Waals surface area contributed by atoms with Gasteiger partial charge in [0.2, 0.25) is 0 Å². The Morgan fingerprint density at radius 3 is 1.93 bits per heavy atom. The second-order valence-corrected chi connectivity index (χ2v) is 19.3. The number of carbonyl (C=O) groups excluding carboxylic acids is 2. The highest BCUT2D eigenvalue weighted by atomic mass is 32.2. The normalized spacial score (nSPS) is 14.3. The molecule has 0 saturated carbocycles. The maximum atomic E-state index is 14.1. The average molecular weight is 1060 g/mol. The first-order valence-corrected chi connectivity index (χ1v) is 26.5. The zero-order valence-electron chi connectivity index (χ0n) is 41.7. The molecule has 0 radical (unpaired) electrons. The molecule has 1 aliphatic heterocycles. The molecule has 1 aliphatic carbocycles. The van der Waals surface area contributed by atoms with Crippen LogP contribution in [0.4, 0.5) is 28.4 Å². The molecule has 2 heterocycles. The van der Waals surface area contributed by atoms with Crippen LogP contribution in [0.1, 0.15) is 66.4 Å². The maximum Gasteiger partial charge on any atom is 0.294 e. The number of hydrogen-bond donors (Lipinski definition) is 2. The van der Waals surface area contributed by atoms with Crippen molar-refractivity contribution in [3.63, 3.8) is 0 Å². The molecule has 22 nitrogen and oxygen atoms in total. The first-order valence-electron chi connectivity index (χ1n) is 25.1. The molecule has 0 amide bonds. The van der Waals surface area contributed by atoms with Gasteiger partial charge < -0.3 is 47.9 Å². The van der Waals surface area contributed by atoms with Crippen molar-refractivity contribution in [1.29, 1.82) is 0 Å². The van der Waals surface area contributed by atoms with Gasteiger partial charge in [-0.3, -0.25) is 34.4 Å². The Morgan fingerprint density at radius 2 is 1.33 bits per heavy atom. The Balaban J connectivity index is 0.690. The number of piperidine rings is 1. The first kappa shape index (κ1) is 56.4. The smallest absolute Gasteiger partial charge is 0.294 e. The summed E-state index contributed by atoms with van der Waals surface area (Å²) in [5.74, 6) is 0.176. The van der Waals surface area contributed by atoms with E-state index >= 15 is 0 Å². The molecule has 1 atom stereocenters. The van der Waals surface area contributed by atoms with Crippen molar-refractivity contribution in [2.24, 2.45) is 5.92 Å². The Hall–Kier alpha value is -6.28. The summed E-state index contributed by atoms with van der Waals surface area (Å²) in [6, 6.07) is 18.3. The van der Waals surface area contributed by atoms with Crippen molar-refractivity contribution in [1.82, 2.24) is 5.16 Å². The second-order valence-electron chi connectivity index (χ2n) is 17.8. The number of carbonyl (C=O) groups is 2. The van der Waals surface area contributed by atoms with Crippen LogP contribution in [0.2, 0.25) is 0 Å². The summed E-state index contributed by atoms with van der Waals surface area (Å²) in [5, 5.41) is 30.4. The van der Waals surface area contributed by atoms with Crippen molar-refractivity contribution in [3.8, 4) is 11.3 Å². The number of nitrogens with zero attached hydrogens (tertiary/aromatic N) is 4. The van der Waals surface area contributed by atoms with Crippen molar-refractivity contribution in [2.45, 2.75) is 56.3 Å². The third-order valence-electron chi connectivity index (χ3n) is 12.7. The average Bonchev–Trinajstić information content (AvgIpc) is 3.85. The Morgan fingerprint density at radius 1 is 0.733 bits per heavy atom. The quantitative estimate of drug-likeness (QED) is 0.0165. The van der Waals surface area contributed by atoms with Crippen LogP contribution in [0, 0.1) is 26.1 Å². The molecule has 0 unspecified atom stereocenters. The van der Waals surface area contributed by atoms with Crippen LogP contribution in [0.25, 0.3) is 22.2 Å². The van der Waals surface area contributed by atoms with Crippen LogP contribution >= 0.6 is 0 Å². The minimum atomic E-state index is -4.48. The minimum Gasteiger partial charge on any atom is -0.379 e. The molecule has 0 spiro atoms. The Labute approximate surface area is 433 Å². The van der Waals surface area contributed by atoms with Gasteiger partial charge in [0.15, 0.2) is 11.5 Å². The molecule has 7 rings (SSSR count). The number of rotatable bonds is 35. The number of Topliss-reactive ketones (excluding diaryl/α,β-unsaturated/α-hetero) is 1. The van der Waals surface area contributed by atoms with Gasteiger partial charge in [-0.2, -0.15) is 8.42 Å². The van der Waals surface area contributed by atoms with Gasteiger partial charge in [0.25, 0.3) is 21.5 Å². The second kappa shape index (κ2) is 28.6. The molecule has 23 heteroatoms. The fourth-order valence-corrected chi connectivity index (χ4v) is 9.45. The fourth-order valence-electron chi connectivity index (χ4n) is 8.93. The highest BCUT2D eigenvalue weighted by Crippen LogP contribution is 2.47. The van der Waals surface area contributed by atoms with Gasteiger partial charge >= 0.3 is 0 Å². The van der Waals surface area contributed by atoms with Crippen molar-refractivity contribution in [2.75, 3.05) is 116 Å². The van der Waals surface area contributed by atoms with Crippen LogP contribution in [0.5, 0.6) is 0 Å². The number of ketones is 2. The Kier molecular flexibility index (Phi) is 21.5. The van der Waals surface area contributed by atoms with Crippen molar-refractivity contribution in [3.05, 3.63) is 110 Å². The number of hydrogen-bond acceptors (Lipinski definition) is 19. The summed E-state index contributed by atoms with van der Waals surface area (Å²) in [7, 11) is -4.48. The molecule has 1 saturated heterocycles. The lowest BCUT2D eigenvalue weighted by Crippen LogP contribution is -2.39. The van der Waals surface area contributed by atoms with Crippen LogP contribution in [-0.4, -0.2) is 145 Å². The SMILES string of the molecule is O=C1c2ccccc2-c2onc3c(N4CCC[C@H](C(=O)CCCCOCCOCCOCCOCCOCCOCCOCCCCc5ccc([N+](=O)[O-])cc5[N+](=O)[O-])C4)cc(Nc4cccc(S(=O)(=O)O)c4)c1c23. The molecule has 1 fully saturated rings. The number of nitrogens with one attached hydrogen (secondary N) is 1. The number of nitro groups is 2. The van der Waals surface area contributed by atoms with E-state index in [0.717, 1.165) is 25.3 Å². The van der Waals surface area contributed by atoms with E-state index in [1.165, 1.54) is 30.3 Å². The summed E-state index contributed by atoms with van der Waals surface area (Å²) in [6.07, 6.45) is 5.10. The lowest BCUT2D eigenvalue weighted by Gasteiger charge is -2.34. The predicted molar refractivity (Wildman–Crippen MR) is 275 cm³/mol. The summed E-state index contributed by atoms with van der Waals surface area (Å²) < 4.78 is 78.5. The van der Waals surface area contributed by atoms with Crippen molar-refractivity contribution >= 4 is 61.0 Å². The van der Waals surface area contributed by atoms with Crippen LogP contribution in [0.15, 0.2) is 82.2 Å². The molecule has 404 valence electrons. The minimum absolute atomic E-state index is 0.175. The molecule has 2 aliphatic rings. The van der Waals surface area contributed by atoms with Gasteiger partial charge in [-0.1, -0.05) is 35.5 Å². The number of anilines is 3. The summed E-state index contributed by atoms with van der Waals surface area (Å²) in [4.78, 5) is 50.4. The number of ether oxygens (including phenoxy) is 7. The highest BCUT2D eigenvalue weighted by molar-refractivity contribution is 7.85. The molecule has 4 aromatic carbocycles. The van der Waals surface area contributed by atoms with E-state index in [-0.39, 0.29) is 33.8 Å². The number of unbranched alkanes of at least 4 members (excludes halogenated alkanes) is 2. The summed E-state index contributed by atoms with van der Waals surface area (Å²) in [6.45, 7) is 7.10. The van der Waals surface area contributed by atoms with Gasteiger partial charge in [0.1, 0.15) is 11.3 Å². The number of benzene rings is 4. The van der Waals surface area contributed by atoms with Crippen LogP contribution in [-0.2, 0) is 54.5 Å². The largest absolute Gasteiger partial charge is 0.379 e. The molecule has 2 N–H and O–H groups in total. The van der Waals surface area contributed by atoms with Crippen LogP contribution < -0.4 is 10.2 Å². The number of aryl methyl sites for hydroxylation is 1. The number of aromatic nitrogens is 1. The van der Waals surface area contributed by atoms with Gasteiger partial charge in [-0.15, -0.1) is 0 Å². The number of nitro benzene ring substituents is 2. The zero-order chi connectivity index (χ0) is 53.0. The van der Waals surface area contributed by atoms with E-state index in [2.05, 4.69) is 15.4 Å². The molecule has 0 bridgehead atoms. The number of fused-ring (bicyclic) bond motifs is 2. The Bertz CT molecular complexity index is 2840. The first-order chi connectivity index (χ1) is 36.4. The lowest BCUT2D eigenvalue weighted by molar-refractivity contribution is -0.394. The zero-order valence-corrected chi connectivity index (χ0v) is 42.5. The molecular formula is C52H63N5O17S. The van der Waals surface area contributed by atoms with E-state index in [1.807, 2.05) is 12.1 Å². The van der Waals surface area contributed by atoms with E-state index in [1.54, 1.807) is 24.3 Å². The predicted octanol–water partition coefficient (Wildman–Crippen LogP) is 7.94. The molecule has 75 heavy (non-hydrogen) atoms.